The number of aryl methyl sites for hydroxylation is 1. The fourth-order valence-electron chi connectivity index (χ4n) is 5.09. The Balaban J connectivity index is 2.23. The average molecular weight is 519 g/mol. The maximum Gasteiger partial charge on any atom is 0.320 e. The quantitative estimate of drug-likeness (QED) is 0.280. The minimum absolute atomic E-state index is 0.0197. The van der Waals surface area contributed by atoms with Crippen molar-refractivity contribution in [1.82, 2.24) is 0 Å². The third-order valence-electron chi connectivity index (χ3n) is 6.67. The van der Waals surface area contributed by atoms with Crippen LogP contribution in [0, 0.1) is 24.7 Å². The van der Waals surface area contributed by atoms with E-state index in [1.165, 1.54) is 39.8 Å². The molecule has 0 unspecified atom stereocenters. The number of hydrogen-bond donors (Lipinski definition) is 0. The van der Waals surface area contributed by atoms with Gasteiger partial charge in [-0.1, -0.05) is 12.1 Å². The van der Waals surface area contributed by atoms with E-state index in [2.05, 4.69) is 0 Å². The van der Waals surface area contributed by atoms with E-state index >= 15 is 0 Å². The Bertz CT molecular complexity index is 1090. The number of carbonyl (C=O) groups is 4. The van der Waals surface area contributed by atoms with E-state index in [0.29, 0.717) is 5.75 Å². The van der Waals surface area contributed by atoms with Gasteiger partial charge in [0.1, 0.15) is 5.75 Å². The maximum absolute atomic E-state index is 13.0. The summed E-state index contributed by atoms with van der Waals surface area (Å²) in [6.45, 7) is 1.95. The minimum atomic E-state index is -1.30. The molecule has 1 aliphatic carbocycles. The highest BCUT2D eigenvalue weighted by molar-refractivity contribution is 7.12. The zero-order valence-electron chi connectivity index (χ0n) is 21.1. The van der Waals surface area contributed by atoms with Crippen LogP contribution >= 0.6 is 11.3 Å². The van der Waals surface area contributed by atoms with Crippen LogP contribution in [0.4, 0.5) is 0 Å². The summed E-state index contributed by atoms with van der Waals surface area (Å²) in [5, 5.41) is 0. The van der Waals surface area contributed by atoms with Crippen LogP contribution in [0.25, 0.3) is 0 Å². The maximum atomic E-state index is 13.0. The topological polar surface area (TPSA) is 114 Å². The van der Waals surface area contributed by atoms with Crippen molar-refractivity contribution in [3.63, 3.8) is 0 Å². The molecule has 3 rings (SSSR count). The number of hydrogen-bond acceptors (Lipinski definition) is 10. The van der Waals surface area contributed by atoms with Gasteiger partial charge >= 0.3 is 23.9 Å². The third kappa shape index (κ3) is 5.09. The molecule has 0 amide bonds. The van der Waals surface area contributed by atoms with E-state index in [-0.39, 0.29) is 6.42 Å². The van der Waals surface area contributed by atoms with Crippen molar-refractivity contribution >= 4 is 35.2 Å². The van der Waals surface area contributed by atoms with Crippen molar-refractivity contribution in [3.05, 3.63) is 51.2 Å². The van der Waals surface area contributed by atoms with Crippen molar-refractivity contribution in [2.45, 2.75) is 25.2 Å². The van der Waals surface area contributed by atoms with Crippen LogP contribution in [0.15, 0.2) is 30.3 Å². The average Bonchev–Trinajstić information content (AvgIpc) is 3.40. The fourth-order valence-corrected chi connectivity index (χ4v) is 6.33. The lowest BCUT2D eigenvalue weighted by Gasteiger charge is -2.31. The van der Waals surface area contributed by atoms with E-state index in [1.54, 1.807) is 19.2 Å². The molecule has 0 saturated heterocycles. The highest BCUT2D eigenvalue weighted by atomic mass is 32.1. The highest BCUT2D eigenvalue weighted by Crippen LogP contribution is 2.58. The van der Waals surface area contributed by atoms with Gasteiger partial charge in [0.2, 0.25) is 0 Å². The van der Waals surface area contributed by atoms with Gasteiger partial charge in [0.25, 0.3) is 0 Å². The van der Waals surface area contributed by atoms with Crippen molar-refractivity contribution < 1.29 is 42.9 Å². The second kappa shape index (κ2) is 11.6. The second-order valence-corrected chi connectivity index (χ2v) is 9.76. The third-order valence-corrected chi connectivity index (χ3v) is 7.86. The van der Waals surface area contributed by atoms with Crippen LogP contribution in [-0.4, -0.2) is 59.4 Å². The predicted octanol–water partition coefficient (Wildman–Crippen LogP) is 3.22. The lowest BCUT2D eigenvalue weighted by molar-refractivity contribution is -0.162. The molecule has 2 aromatic rings. The molecule has 0 aliphatic heterocycles. The SMILES string of the molecule is COC(=O)C(C[C@@H]1c2sc(C)cc2[C@@H](c2ccc(OC)cc2)[C@@H]1C(C(=O)OC)C(=O)OC)C(=O)OC. The van der Waals surface area contributed by atoms with Crippen molar-refractivity contribution in [2.75, 3.05) is 35.5 Å². The number of fused-ring (bicyclic) bond motifs is 1. The van der Waals surface area contributed by atoms with Gasteiger partial charge in [0.05, 0.1) is 35.5 Å². The molecule has 0 radical (unpaired) electrons. The molecule has 0 fully saturated rings. The number of thiophene rings is 1. The van der Waals surface area contributed by atoms with Gasteiger partial charge in [0.15, 0.2) is 11.8 Å². The molecule has 0 saturated carbocycles. The number of esters is 4. The fraction of sp³-hybridized carbons (Fsp3) is 0.462. The predicted molar refractivity (Wildman–Crippen MR) is 130 cm³/mol. The summed E-state index contributed by atoms with van der Waals surface area (Å²) in [5.41, 5.74) is 1.76. The summed E-state index contributed by atoms with van der Waals surface area (Å²) in [7, 11) is 6.36. The zero-order chi connectivity index (χ0) is 26.6. The van der Waals surface area contributed by atoms with Crippen LogP contribution in [0.1, 0.15) is 39.1 Å². The van der Waals surface area contributed by atoms with Crippen molar-refractivity contribution in [3.8, 4) is 5.75 Å². The van der Waals surface area contributed by atoms with Gasteiger partial charge in [-0.2, -0.15) is 0 Å². The van der Waals surface area contributed by atoms with Gasteiger partial charge in [-0.05, 0) is 42.7 Å². The van der Waals surface area contributed by atoms with Crippen LogP contribution in [0.2, 0.25) is 0 Å². The first-order valence-electron chi connectivity index (χ1n) is 11.3. The first-order valence-corrected chi connectivity index (χ1v) is 12.1. The summed E-state index contributed by atoms with van der Waals surface area (Å²) < 4.78 is 25.1. The lowest BCUT2D eigenvalue weighted by Crippen LogP contribution is -2.39. The standard InChI is InChI=1S/C26H30O9S/c1-13-11-16-19(14-7-9-15(31-2)10-8-14)20(21(25(29)34-5)26(30)35-6)17(22(16)36-13)12-18(23(27)32-3)24(28)33-4/h7-11,17-21H,12H2,1-6H3/t17-,19+,20+/m0/s1. The molecule has 36 heavy (non-hydrogen) atoms. The Kier molecular flexibility index (Phi) is 8.73. The van der Waals surface area contributed by atoms with Gasteiger partial charge in [-0.3, -0.25) is 19.2 Å². The monoisotopic (exact) mass is 518 g/mol. The normalized spacial score (nSPS) is 18.5. The van der Waals surface area contributed by atoms with Crippen LogP contribution < -0.4 is 4.74 Å². The summed E-state index contributed by atoms with van der Waals surface area (Å²) in [6.07, 6.45) is -0.0197. The number of benzene rings is 1. The molecule has 1 aromatic carbocycles. The Labute approximate surface area is 213 Å². The molecule has 194 valence electrons. The van der Waals surface area contributed by atoms with Crippen LogP contribution in [0.5, 0.6) is 5.75 Å². The zero-order valence-corrected chi connectivity index (χ0v) is 21.9. The lowest BCUT2D eigenvalue weighted by atomic mass is 9.72. The van der Waals surface area contributed by atoms with Gasteiger partial charge < -0.3 is 23.7 Å². The molecular weight excluding hydrogens is 488 g/mol. The van der Waals surface area contributed by atoms with Crippen LogP contribution in [0.3, 0.4) is 0 Å². The summed E-state index contributed by atoms with van der Waals surface area (Å²) >= 11 is 1.50. The van der Waals surface area contributed by atoms with E-state index in [9.17, 15) is 19.2 Å². The molecular formula is C26H30O9S. The first kappa shape index (κ1) is 27.2. The van der Waals surface area contributed by atoms with Gasteiger partial charge in [-0.15, -0.1) is 11.3 Å². The largest absolute Gasteiger partial charge is 0.497 e. The Morgan fingerprint density at radius 3 is 1.83 bits per heavy atom. The minimum Gasteiger partial charge on any atom is -0.497 e. The summed E-state index contributed by atoms with van der Waals surface area (Å²) in [6, 6.07) is 9.36. The highest BCUT2D eigenvalue weighted by Gasteiger charge is 2.53. The van der Waals surface area contributed by atoms with E-state index in [1.807, 2.05) is 25.1 Å². The van der Waals surface area contributed by atoms with E-state index < -0.39 is 53.5 Å². The Morgan fingerprint density at radius 2 is 1.36 bits per heavy atom. The summed E-state index contributed by atoms with van der Waals surface area (Å²) in [5.74, 6) is -6.56. The van der Waals surface area contributed by atoms with Gasteiger partial charge in [0, 0.05) is 27.5 Å². The molecule has 1 aromatic heterocycles. The molecule has 9 nitrogen and oxygen atoms in total. The molecule has 0 bridgehead atoms. The van der Waals surface area contributed by atoms with Crippen molar-refractivity contribution in [2.24, 2.45) is 17.8 Å². The molecule has 0 spiro atoms. The van der Waals surface area contributed by atoms with E-state index in [0.717, 1.165) is 20.9 Å². The molecule has 0 N–H and O–H groups in total. The Hall–Kier alpha value is -3.40. The summed E-state index contributed by atoms with van der Waals surface area (Å²) in [4.78, 5) is 53.1. The number of rotatable bonds is 9. The number of carbonyl (C=O) groups excluding carboxylic acids is 4. The number of ether oxygens (including phenoxy) is 5. The van der Waals surface area contributed by atoms with Crippen molar-refractivity contribution in [1.29, 1.82) is 0 Å². The molecule has 1 heterocycles. The number of methoxy groups -OCH3 is 5. The molecule has 10 heteroatoms. The van der Waals surface area contributed by atoms with E-state index in [4.69, 9.17) is 23.7 Å². The first-order chi connectivity index (χ1) is 17.2. The van der Waals surface area contributed by atoms with Crippen LogP contribution in [-0.2, 0) is 38.1 Å². The van der Waals surface area contributed by atoms with Gasteiger partial charge in [-0.25, -0.2) is 0 Å². The smallest absolute Gasteiger partial charge is 0.320 e. The molecule has 1 aliphatic rings. The molecule has 3 atom stereocenters. The second-order valence-electron chi connectivity index (χ2n) is 8.47. The Morgan fingerprint density at radius 1 is 0.833 bits per heavy atom.